The maximum Gasteiger partial charge on any atom is 0.192 e. The van der Waals surface area contributed by atoms with Crippen LogP contribution in [0.15, 0.2) is 48.8 Å². The summed E-state index contributed by atoms with van der Waals surface area (Å²) in [6, 6.07) is 11.7. The van der Waals surface area contributed by atoms with Crippen LogP contribution in [0.3, 0.4) is 0 Å². The summed E-state index contributed by atoms with van der Waals surface area (Å²) < 4.78 is 11.6. The SMILES string of the molecule is [C-]#[N+]c1cc(/C=C/c2n[nH]c3ccc(OC(C)c4c(Cl)cncc4Cl)cc23)ccc1CN1CCOCC1. The number of halogens is 2. The van der Waals surface area contributed by atoms with E-state index < -0.39 is 0 Å². The van der Waals surface area contributed by atoms with E-state index in [2.05, 4.69) is 24.9 Å². The number of H-pyrrole nitrogens is 1. The maximum atomic E-state index is 7.65. The second-order valence-electron chi connectivity index (χ2n) is 8.81. The predicted molar refractivity (Wildman–Crippen MR) is 147 cm³/mol. The Morgan fingerprint density at radius 2 is 1.92 bits per heavy atom. The highest BCUT2D eigenvalue weighted by molar-refractivity contribution is 6.35. The normalized spacial score (nSPS) is 15.2. The number of morpholine rings is 1. The van der Waals surface area contributed by atoms with Crippen LogP contribution >= 0.6 is 23.2 Å². The molecule has 0 spiro atoms. The van der Waals surface area contributed by atoms with Crippen molar-refractivity contribution in [1.82, 2.24) is 20.1 Å². The smallest absolute Gasteiger partial charge is 0.192 e. The minimum atomic E-state index is -0.366. The van der Waals surface area contributed by atoms with E-state index in [0.29, 0.717) is 27.0 Å². The molecule has 0 amide bonds. The molecule has 5 rings (SSSR count). The van der Waals surface area contributed by atoms with Crippen molar-refractivity contribution in [3.63, 3.8) is 0 Å². The Morgan fingerprint density at radius 3 is 2.68 bits per heavy atom. The highest BCUT2D eigenvalue weighted by atomic mass is 35.5. The van der Waals surface area contributed by atoms with E-state index in [1.54, 1.807) is 12.4 Å². The summed E-state index contributed by atoms with van der Waals surface area (Å²) in [6.07, 6.45) is 6.65. The molecule has 1 atom stereocenters. The first-order chi connectivity index (χ1) is 18.0. The van der Waals surface area contributed by atoms with Gasteiger partial charge in [0.15, 0.2) is 5.69 Å². The van der Waals surface area contributed by atoms with Crippen molar-refractivity contribution >= 4 is 51.9 Å². The fourth-order valence-corrected chi connectivity index (χ4v) is 5.06. The molecule has 1 N–H and O–H groups in total. The van der Waals surface area contributed by atoms with Gasteiger partial charge >= 0.3 is 0 Å². The number of rotatable bonds is 7. The number of hydrogen-bond acceptors (Lipinski definition) is 5. The van der Waals surface area contributed by atoms with Gasteiger partial charge in [0.1, 0.15) is 11.9 Å². The van der Waals surface area contributed by atoms with Crippen LogP contribution in [0, 0.1) is 6.57 Å². The number of ether oxygens (including phenoxy) is 2. The van der Waals surface area contributed by atoms with Gasteiger partial charge in [-0.05, 0) is 48.4 Å². The lowest BCUT2D eigenvalue weighted by molar-refractivity contribution is 0.0343. The first-order valence-electron chi connectivity index (χ1n) is 11.9. The third-order valence-electron chi connectivity index (χ3n) is 6.33. The molecule has 1 fully saturated rings. The van der Waals surface area contributed by atoms with E-state index in [1.165, 1.54) is 0 Å². The van der Waals surface area contributed by atoms with Crippen molar-refractivity contribution in [3.05, 3.63) is 92.6 Å². The number of nitrogens with one attached hydrogen (secondary N) is 1. The van der Waals surface area contributed by atoms with Gasteiger partial charge in [-0.25, -0.2) is 4.85 Å². The molecule has 7 nitrogen and oxygen atoms in total. The summed E-state index contributed by atoms with van der Waals surface area (Å²) in [5, 5.41) is 9.36. The highest BCUT2D eigenvalue weighted by Crippen LogP contribution is 2.33. The average Bonchev–Trinajstić information content (AvgIpc) is 3.30. The number of aromatic amines is 1. The van der Waals surface area contributed by atoms with Crippen molar-refractivity contribution in [2.45, 2.75) is 19.6 Å². The summed E-state index contributed by atoms with van der Waals surface area (Å²) in [7, 11) is 0. The third-order valence-corrected chi connectivity index (χ3v) is 6.94. The zero-order valence-electron chi connectivity index (χ0n) is 20.2. The summed E-state index contributed by atoms with van der Waals surface area (Å²) in [6.45, 7) is 13.6. The lowest BCUT2D eigenvalue weighted by atomic mass is 10.1. The van der Waals surface area contributed by atoms with Crippen LogP contribution in [0.2, 0.25) is 10.0 Å². The molecule has 2 aromatic carbocycles. The van der Waals surface area contributed by atoms with Crippen molar-refractivity contribution in [2.24, 2.45) is 0 Å². The van der Waals surface area contributed by atoms with Crippen molar-refractivity contribution in [1.29, 1.82) is 0 Å². The molecule has 0 aliphatic carbocycles. The molecular weight excluding hydrogens is 509 g/mol. The van der Waals surface area contributed by atoms with Crippen molar-refractivity contribution < 1.29 is 9.47 Å². The molecule has 3 heterocycles. The zero-order valence-corrected chi connectivity index (χ0v) is 21.8. The molecule has 4 aromatic rings. The molecular formula is C28H25Cl2N5O2. The van der Waals surface area contributed by atoms with Gasteiger partial charge in [-0.1, -0.05) is 41.4 Å². The zero-order chi connectivity index (χ0) is 25.8. The summed E-state index contributed by atoms with van der Waals surface area (Å²) in [4.78, 5) is 10.1. The minimum absolute atomic E-state index is 0.366. The van der Waals surface area contributed by atoms with Crippen LogP contribution in [-0.4, -0.2) is 46.4 Å². The van der Waals surface area contributed by atoms with Crippen LogP contribution in [-0.2, 0) is 11.3 Å². The van der Waals surface area contributed by atoms with E-state index in [0.717, 1.165) is 60.6 Å². The van der Waals surface area contributed by atoms with Crippen LogP contribution < -0.4 is 4.74 Å². The Hall–Kier alpha value is -3.41. The number of benzene rings is 2. The molecule has 1 saturated heterocycles. The average molecular weight is 534 g/mol. The summed E-state index contributed by atoms with van der Waals surface area (Å²) >= 11 is 12.6. The van der Waals surface area contributed by atoms with Gasteiger partial charge in [-0.3, -0.25) is 15.0 Å². The van der Waals surface area contributed by atoms with E-state index in [1.807, 2.05) is 55.5 Å². The van der Waals surface area contributed by atoms with Gasteiger partial charge in [-0.15, -0.1) is 0 Å². The van der Waals surface area contributed by atoms with Crippen LogP contribution in [0.4, 0.5) is 5.69 Å². The Kier molecular flexibility index (Phi) is 7.73. The molecule has 0 radical (unpaired) electrons. The molecule has 188 valence electrons. The van der Waals surface area contributed by atoms with Crippen molar-refractivity contribution in [2.75, 3.05) is 26.3 Å². The van der Waals surface area contributed by atoms with E-state index in [-0.39, 0.29) is 6.10 Å². The molecule has 1 unspecified atom stereocenters. The number of pyridine rings is 1. The van der Waals surface area contributed by atoms with Gasteiger partial charge in [0.2, 0.25) is 0 Å². The number of hydrogen-bond donors (Lipinski definition) is 1. The molecule has 9 heteroatoms. The Bertz CT molecular complexity index is 1470. The maximum absolute atomic E-state index is 7.65. The van der Waals surface area contributed by atoms with Crippen LogP contribution in [0.1, 0.15) is 35.4 Å². The molecule has 1 aliphatic heterocycles. The second kappa shape index (κ2) is 11.3. The standard InChI is InChI=1S/C28H25Cl2N5O2/c1-18(28-23(29)15-32-16-24(28)30)37-21-6-8-26-22(14-21)25(33-34-26)7-4-19-3-5-20(27(13-19)31-2)17-35-9-11-36-12-10-35/h3-8,13-16,18H,9-12,17H2,1H3,(H,33,34)/b7-4+. The fraction of sp³-hybridized carbons (Fsp3) is 0.250. The molecule has 1 aliphatic rings. The summed E-state index contributed by atoms with van der Waals surface area (Å²) in [5.41, 5.74) is 5.00. The number of fused-ring (bicyclic) bond motifs is 1. The quantitative estimate of drug-likeness (QED) is 0.260. The molecule has 0 bridgehead atoms. The Morgan fingerprint density at radius 1 is 1.14 bits per heavy atom. The topological polar surface area (TPSA) is 67.6 Å². The lowest BCUT2D eigenvalue weighted by Crippen LogP contribution is -2.35. The molecule has 37 heavy (non-hydrogen) atoms. The van der Waals surface area contributed by atoms with Gasteiger partial charge in [-0.2, -0.15) is 5.10 Å². The Balaban J connectivity index is 1.34. The van der Waals surface area contributed by atoms with Gasteiger partial charge < -0.3 is 9.47 Å². The predicted octanol–water partition coefficient (Wildman–Crippen LogP) is 6.96. The lowest BCUT2D eigenvalue weighted by Gasteiger charge is -2.27. The third kappa shape index (κ3) is 5.79. The molecule has 0 saturated carbocycles. The summed E-state index contributed by atoms with van der Waals surface area (Å²) in [5.74, 6) is 0.669. The van der Waals surface area contributed by atoms with Gasteiger partial charge in [0.05, 0.1) is 41.0 Å². The van der Waals surface area contributed by atoms with Gasteiger partial charge in [0, 0.05) is 43.0 Å². The first-order valence-corrected chi connectivity index (χ1v) is 12.7. The van der Waals surface area contributed by atoms with Gasteiger partial charge in [0.25, 0.3) is 0 Å². The fourth-order valence-electron chi connectivity index (χ4n) is 4.38. The second-order valence-corrected chi connectivity index (χ2v) is 9.63. The van der Waals surface area contributed by atoms with Crippen LogP contribution in [0.5, 0.6) is 5.75 Å². The van der Waals surface area contributed by atoms with Crippen molar-refractivity contribution in [3.8, 4) is 5.75 Å². The van der Waals surface area contributed by atoms with E-state index >= 15 is 0 Å². The Labute approximate surface area is 225 Å². The number of aromatic nitrogens is 3. The van der Waals surface area contributed by atoms with E-state index in [4.69, 9.17) is 39.2 Å². The van der Waals surface area contributed by atoms with Crippen LogP contribution in [0.25, 0.3) is 27.9 Å². The minimum Gasteiger partial charge on any atom is -0.486 e. The monoisotopic (exact) mass is 533 g/mol. The largest absolute Gasteiger partial charge is 0.486 e. The highest BCUT2D eigenvalue weighted by Gasteiger charge is 2.17. The van der Waals surface area contributed by atoms with E-state index in [9.17, 15) is 0 Å². The first kappa shape index (κ1) is 25.2. The number of nitrogens with zero attached hydrogens (tertiary/aromatic N) is 4. The molecule has 2 aromatic heterocycles.